The lowest BCUT2D eigenvalue weighted by atomic mass is 9.81. The molecule has 0 bridgehead atoms. The van der Waals surface area contributed by atoms with Gasteiger partial charge >= 0.3 is 5.97 Å². The van der Waals surface area contributed by atoms with Crippen molar-refractivity contribution in [3.8, 4) is 0 Å². The molecule has 0 spiro atoms. The number of rotatable bonds is 5. The Hall–Kier alpha value is -0.870. The van der Waals surface area contributed by atoms with Crippen LogP contribution in [-0.2, 0) is 21.6 Å². The zero-order valence-corrected chi connectivity index (χ0v) is 11.9. The highest BCUT2D eigenvalue weighted by atomic mass is 79.9. The van der Waals surface area contributed by atoms with Crippen LogP contribution < -0.4 is 0 Å². The van der Waals surface area contributed by atoms with Crippen LogP contribution in [0.1, 0.15) is 31.4 Å². The molecule has 17 heavy (non-hydrogen) atoms. The van der Waals surface area contributed by atoms with Gasteiger partial charge in [0.1, 0.15) is 0 Å². The van der Waals surface area contributed by atoms with E-state index in [4.69, 9.17) is 9.84 Å². The summed E-state index contributed by atoms with van der Waals surface area (Å²) in [6.07, 6.45) is 0.114. The first kappa shape index (κ1) is 14.2. The van der Waals surface area contributed by atoms with E-state index in [-0.39, 0.29) is 11.8 Å². The van der Waals surface area contributed by atoms with Crippen molar-refractivity contribution >= 4 is 21.9 Å². The van der Waals surface area contributed by atoms with Crippen LogP contribution in [0.5, 0.6) is 0 Å². The minimum atomic E-state index is -0.785. The van der Waals surface area contributed by atoms with Gasteiger partial charge in [-0.1, -0.05) is 41.9 Å². The van der Waals surface area contributed by atoms with E-state index in [1.54, 1.807) is 7.11 Å². The highest BCUT2D eigenvalue weighted by Crippen LogP contribution is 2.30. The SMILES string of the molecule is COCc1ccc(C(C)(C)CC(=O)O)cc1Br. The molecule has 94 valence electrons. The van der Waals surface area contributed by atoms with Gasteiger partial charge in [0, 0.05) is 17.0 Å². The summed E-state index contributed by atoms with van der Waals surface area (Å²) in [5.41, 5.74) is 1.69. The van der Waals surface area contributed by atoms with Crippen LogP contribution in [0.25, 0.3) is 0 Å². The minimum Gasteiger partial charge on any atom is -0.481 e. The largest absolute Gasteiger partial charge is 0.481 e. The fourth-order valence-electron chi connectivity index (χ4n) is 1.72. The Kier molecular flexibility index (Phi) is 4.71. The van der Waals surface area contributed by atoms with Crippen LogP contribution >= 0.6 is 15.9 Å². The van der Waals surface area contributed by atoms with E-state index < -0.39 is 5.97 Å². The van der Waals surface area contributed by atoms with Gasteiger partial charge in [0.25, 0.3) is 0 Å². The zero-order chi connectivity index (χ0) is 13.1. The van der Waals surface area contributed by atoms with E-state index in [2.05, 4.69) is 15.9 Å². The van der Waals surface area contributed by atoms with Crippen LogP contribution in [0.4, 0.5) is 0 Å². The third-order valence-corrected chi connectivity index (χ3v) is 3.47. The van der Waals surface area contributed by atoms with E-state index in [1.165, 1.54) is 0 Å². The fourth-order valence-corrected chi connectivity index (χ4v) is 2.21. The molecule has 1 aromatic carbocycles. The molecule has 0 heterocycles. The molecule has 0 saturated heterocycles. The number of hydrogen-bond acceptors (Lipinski definition) is 2. The third-order valence-electron chi connectivity index (χ3n) is 2.73. The topological polar surface area (TPSA) is 46.5 Å². The van der Waals surface area contributed by atoms with Crippen molar-refractivity contribution in [2.45, 2.75) is 32.3 Å². The number of halogens is 1. The van der Waals surface area contributed by atoms with Crippen molar-refractivity contribution in [2.24, 2.45) is 0 Å². The number of hydrogen-bond donors (Lipinski definition) is 1. The summed E-state index contributed by atoms with van der Waals surface area (Å²) in [5.74, 6) is -0.785. The van der Waals surface area contributed by atoms with E-state index in [0.29, 0.717) is 6.61 Å². The molecule has 1 N–H and O–H groups in total. The maximum absolute atomic E-state index is 10.8. The molecule has 1 aromatic rings. The zero-order valence-electron chi connectivity index (χ0n) is 10.3. The van der Waals surface area contributed by atoms with E-state index in [1.807, 2.05) is 32.0 Å². The quantitative estimate of drug-likeness (QED) is 0.907. The van der Waals surface area contributed by atoms with Crippen molar-refractivity contribution in [2.75, 3.05) is 7.11 Å². The second kappa shape index (κ2) is 5.65. The maximum Gasteiger partial charge on any atom is 0.304 e. The molecule has 0 radical (unpaired) electrons. The van der Waals surface area contributed by atoms with Crippen LogP contribution in [0.3, 0.4) is 0 Å². The molecule has 0 saturated carbocycles. The number of carbonyl (C=O) groups is 1. The van der Waals surface area contributed by atoms with Gasteiger partial charge in [-0.25, -0.2) is 0 Å². The molecule has 3 nitrogen and oxygen atoms in total. The Morgan fingerprint density at radius 1 is 1.47 bits per heavy atom. The van der Waals surface area contributed by atoms with Gasteiger partial charge in [-0.15, -0.1) is 0 Å². The number of aliphatic carboxylic acids is 1. The van der Waals surface area contributed by atoms with Crippen LogP contribution in [-0.4, -0.2) is 18.2 Å². The Bertz CT molecular complexity index is 413. The van der Waals surface area contributed by atoms with Crippen molar-refractivity contribution in [1.82, 2.24) is 0 Å². The summed E-state index contributed by atoms with van der Waals surface area (Å²) in [7, 11) is 1.65. The number of carboxylic acids is 1. The van der Waals surface area contributed by atoms with Crippen LogP contribution in [0, 0.1) is 0 Å². The molecule has 0 atom stereocenters. The Morgan fingerprint density at radius 3 is 2.59 bits per heavy atom. The standard InChI is InChI=1S/C13H17BrO3/c1-13(2,7-12(15)16)10-5-4-9(8-17-3)11(14)6-10/h4-6H,7-8H2,1-3H3,(H,15,16). The van der Waals surface area contributed by atoms with Crippen LogP contribution in [0.2, 0.25) is 0 Å². The van der Waals surface area contributed by atoms with E-state index in [9.17, 15) is 4.79 Å². The normalized spacial score (nSPS) is 11.5. The van der Waals surface area contributed by atoms with Gasteiger partial charge in [0.2, 0.25) is 0 Å². The van der Waals surface area contributed by atoms with Gasteiger partial charge in [-0.05, 0) is 17.2 Å². The first-order chi connectivity index (χ1) is 7.86. The summed E-state index contributed by atoms with van der Waals surface area (Å²) >= 11 is 3.48. The van der Waals surface area contributed by atoms with Gasteiger partial charge in [-0.2, -0.15) is 0 Å². The molecule has 0 fully saturated rings. The highest BCUT2D eigenvalue weighted by Gasteiger charge is 2.24. The molecule has 0 unspecified atom stereocenters. The van der Waals surface area contributed by atoms with Gasteiger partial charge in [0.05, 0.1) is 13.0 Å². The number of ether oxygens (including phenoxy) is 1. The number of carboxylic acid groups (broad SMARTS) is 1. The summed E-state index contributed by atoms with van der Waals surface area (Å²) in [6.45, 7) is 4.40. The monoisotopic (exact) mass is 300 g/mol. The molecule has 0 amide bonds. The van der Waals surface area contributed by atoms with Crippen molar-refractivity contribution in [1.29, 1.82) is 0 Å². The van der Waals surface area contributed by atoms with Crippen molar-refractivity contribution in [3.63, 3.8) is 0 Å². The number of methoxy groups -OCH3 is 1. The average molecular weight is 301 g/mol. The van der Waals surface area contributed by atoms with Crippen molar-refractivity contribution < 1.29 is 14.6 Å². The molecular formula is C13H17BrO3. The molecular weight excluding hydrogens is 284 g/mol. The maximum atomic E-state index is 10.8. The average Bonchev–Trinajstić information content (AvgIpc) is 2.19. The highest BCUT2D eigenvalue weighted by molar-refractivity contribution is 9.10. The smallest absolute Gasteiger partial charge is 0.304 e. The van der Waals surface area contributed by atoms with Crippen LogP contribution in [0.15, 0.2) is 22.7 Å². The minimum absolute atomic E-state index is 0.114. The van der Waals surface area contributed by atoms with E-state index >= 15 is 0 Å². The van der Waals surface area contributed by atoms with Gasteiger partial charge in [0.15, 0.2) is 0 Å². The predicted octanol–water partition coefficient (Wildman–Crippen LogP) is 3.35. The summed E-state index contributed by atoms with van der Waals surface area (Å²) in [6, 6.07) is 5.89. The van der Waals surface area contributed by atoms with Gasteiger partial charge < -0.3 is 9.84 Å². The second-order valence-electron chi connectivity index (χ2n) is 4.69. The Balaban J connectivity index is 3.00. The summed E-state index contributed by atoms with van der Waals surface area (Å²) < 4.78 is 6.03. The first-order valence-corrected chi connectivity index (χ1v) is 6.16. The Morgan fingerprint density at radius 2 is 2.12 bits per heavy atom. The third kappa shape index (κ3) is 3.82. The Labute approximate surface area is 110 Å². The predicted molar refractivity (Wildman–Crippen MR) is 70.1 cm³/mol. The summed E-state index contributed by atoms with van der Waals surface area (Å²) in [5, 5.41) is 8.89. The van der Waals surface area contributed by atoms with Gasteiger partial charge in [-0.3, -0.25) is 4.79 Å². The lowest BCUT2D eigenvalue weighted by Gasteiger charge is -2.23. The fraction of sp³-hybridized carbons (Fsp3) is 0.462. The number of benzene rings is 1. The second-order valence-corrected chi connectivity index (χ2v) is 5.55. The molecule has 1 rings (SSSR count). The molecule has 0 aliphatic heterocycles. The lowest BCUT2D eigenvalue weighted by molar-refractivity contribution is -0.138. The molecule has 0 aromatic heterocycles. The lowest BCUT2D eigenvalue weighted by Crippen LogP contribution is -2.21. The molecule has 0 aliphatic carbocycles. The molecule has 0 aliphatic rings. The molecule has 4 heteroatoms. The van der Waals surface area contributed by atoms with E-state index in [0.717, 1.165) is 15.6 Å². The summed E-state index contributed by atoms with van der Waals surface area (Å²) in [4.78, 5) is 10.8. The van der Waals surface area contributed by atoms with Crippen molar-refractivity contribution in [3.05, 3.63) is 33.8 Å². The first-order valence-electron chi connectivity index (χ1n) is 5.36.